The van der Waals surface area contributed by atoms with Crippen molar-refractivity contribution in [3.05, 3.63) is 35.1 Å². The number of rotatable bonds is 4. The maximum Gasteiger partial charge on any atom is 0.409 e. The van der Waals surface area contributed by atoms with E-state index in [0.29, 0.717) is 36.9 Å². The monoisotopic (exact) mass is 391 g/mol. The average molecular weight is 391 g/mol. The number of aryl methyl sites for hydroxylation is 1. The highest BCUT2D eigenvalue weighted by atomic mass is 19.1. The summed E-state index contributed by atoms with van der Waals surface area (Å²) < 4.78 is 18.4. The molecule has 0 spiro atoms. The van der Waals surface area contributed by atoms with E-state index in [0.717, 1.165) is 38.8 Å². The van der Waals surface area contributed by atoms with Crippen LogP contribution in [0.1, 0.15) is 48.5 Å². The molecule has 0 aliphatic carbocycles. The molecular weight excluding hydrogens is 361 g/mol. The minimum Gasteiger partial charge on any atom is -0.450 e. The summed E-state index contributed by atoms with van der Waals surface area (Å²) >= 11 is 0. The predicted molar refractivity (Wildman–Crippen MR) is 105 cm³/mol. The van der Waals surface area contributed by atoms with Crippen molar-refractivity contribution in [2.24, 2.45) is 0 Å². The summed E-state index contributed by atoms with van der Waals surface area (Å²) in [5, 5.41) is 3.12. The van der Waals surface area contributed by atoms with Crippen molar-refractivity contribution in [2.45, 2.75) is 51.6 Å². The van der Waals surface area contributed by atoms with E-state index in [4.69, 9.17) is 4.74 Å². The van der Waals surface area contributed by atoms with Gasteiger partial charge in [0.25, 0.3) is 5.91 Å². The number of carbonyl (C=O) groups is 2. The molecule has 2 aliphatic heterocycles. The number of nitrogens with zero attached hydrogens (tertiary/aromatic N) is 2. The molecule has 0 aromatic heterocycles. The van der Waals surface area contributed by atoms with Crippen LogP contribution in [0.5, 0.6) is 0 Å². The molecule has 1 aromatic carbocycles. The molecule has 2 amide bonds. The van der Waals surface area contributed by atoms with Gasteiger partial charge in [-0.25, -0.2) is 9.18 Å². The molecule has 154 valence electrons. The van der Waals surface area contributed by atoms with E-state index in [9.17, 15) is 14.0 Å². The highest BCUT2D eigenvalue weighted by Crippen LogP contribution is 2.22. The Bertz CT molecular complexity index is 704. The van der Waals surface area contributed by atoms with E-state index in [2.05, 4.69) is 10.2 Å². The van der Waals surface area contributed by atoms with Gasteiger partial charge in [0, 0.05) is 37.3 Å². The van der Waals surface area contributed by atoms with E-state index >= 15 is 0 Å². The Morgan fingerprint density at radius 1 is 1.21 bits per heavy atom. The van der Waals surface area contributed by atoms with Gasteiger partial charge in [0.1, 0.15) is 5.82 Å². The maximum atomic E-state index is 13.3. The summed E-state index contributed by atoms with van der Waals surface area (Å²) in [7, 11) is 0. The molecule has 0 unspecified atom stereocenters. The fourth-order valence-corrected chi connectivity index (χ4v) is 4.23. The van der Waals surface area contributed by atoms with Crippen molar-refractivity contribution in [2.75, 3.05) is 32.8 Å². The first-order valence-electron chi connectivity index (χ1n) is 10.2. The first-order chi connectivity index (χ1) is 13.5. The summed E-state index contributed by atoms with van der Waals surface area (Å²) in [6, 6.07) is 4.78. The molecule has 7 heteroatoms. The Morgan fingerprint density at radius 3 is 2.64 bits per heavy atom. The van der Waals surface area contributed by atoms with Crippen molar-refractivity contribution in [3.63, 3.8) is 0 Å². The quantitative estimate of drug-likeness (QED) is 0.857. The summed E-state index contributed by atoms with van der Waals surface area (Å²) in [6.07, 6.45) is 3.61. The van der Waals surface area contributed by atoms with Crippen LogP contribution in [0.3, 0.4) is 0 Å². The second-order valence-corrected chi connectivity index (χ2v) is 7.68. The Morgan fingerprint density at radius 2 is 1.96 bits per heavy atom. The lowest BCUT2D eigenvalue weighted by Gasteiger charge is -2.42. The number of hydrogen-bond donors (Lipinski definition) is 1. The number of ether oxygens (including phenoxy) is 1. The number of halogens is 1. The van der Waals surface area contributed by atoms with Crippen LogP contribution in [0.25, 0.3) is 0 Å². The van der Waals surface area contributed by atoms with E-state index in [1.165, 1.54) is 12.1 Å². The molecule has 1 atom stereocenters. The van der Waals surface area contributed by atoms with Gasteiger partial charge in [-0.3, -0.25) is 9.69 Å². The zero-order chi connectivity index (χ0) is 20.1. The van der Waals surface area contributed by atoms with Gasteiger partial charge < -0.3 is 15.0 Å². The van der Waals surface area contributed by atoms with Crippen molar-refractivity contribution < 1.29 is 18.7 Å². The number of likely N-dealkylation sites (tertiary alicyclic amines) is 2. The van der Waals surface area contributed by atoms with E-state index in [-0.39, 0.29) is 23.9 Å². The summed E-state index contributed by atoms with van der Waals surface area (Å²) in [4.78, 5) is 28.7. The van der Waals surface area contributed by atoms with Crippen LogP contribution in [0.4, 0.5) is 9.18 Å². The Kier molecular flexibility index (Phi) is 6.88. The van der Waals surface area contributed by atoms with Crippen LogP contribution in [0, 0.1) is 12.7 Å². The Labute approximate surface area is 166 Å². The highest BCUT2D eigenvalue weighted by molar-refractivity contribution is 5.95. The third kappa shape index (κ3) is 5.01. The van der Waals surface area contributed by atoms with Crippen molar-refractivity contribution in [1.29, 1.82) is 0 Å². The molecule has 0 saturated carbocycles. The molecule has 2 saturated heterocycles. The van der Waals surface area contributed by atoms with Crippen LogP contribution in [-0.4, -0.2) is 66.7 Å². The fourth-order valence-electron chi connectivity index (χ4n) is 4.23. The molecule has 3 rings (SSSR count). The Hall–Kier alpha value is -2.15. The summed E-state index contributed by atoms with van der Waals surface area (Å²) in [5.41, 5.74) is 1.18. The molecule has 28 heavy (non-hydrogen) atoms. The van der Waals surface area contributed by atoms with E-state index < -0.39 is 0 Å². The minimum absolute atomic E-state index is 0.0915. The normalized spacial score (nSPS) is 21.4. The van der Waals surface area contributed by atoms with Gasteiger partial charge in [-0.05, 0) is 69.8 Å². The van der Waals surface area contributed by atoms with Gasteiger partial charge in [0.2, 0.25) is 0 Å². The molecule has 0 radical (unpaired) electrons. The first kappa shape index (κ1) is 20.6. The van der Waals surface area contributed by atoms with Crippen LogP contribution in [0.15, 0.2) is 18.2 Å². The number of carbonyl (C=O) groups excluding carboxylic acids is 2. The number of benzene rings is 1. The van der Waals surface area contributed by atoms with Crippen molar-refractivity contribution in [3.8, 4) is 0 Å². The SMILES string of the molecule is CCOC(=O)N1CCC(N2CCC[C@@H](NC(=O)c3ccc(F)cc3C)C2)CC1. The average Bonchev–Trinajstić information content (AvgIpc) is 2.68. The molecule has 2 heterocycles. The molecule has 1 N–H and O–H groups in total. The van der Waals surface area contributed by atoms with Gasteiger partial charge in [0.05, 0.1) is 6.61 Å². The molecule has 0 bridgehead atoms. The number of piperidine rings is 2. The minimum atomic E-state index is -0.327. The standard InChI is InChI=1S/C21H30FN3O3/c1-3-28-21(27)24-11-8-18(9-12-24)25-10-4-5-17(14-25)23-20(26)19-7-6-16(22)13-15(19)2/h6-7,13,17-18H,3-5,8-12,14H2,1-2H3,(H,23,26)/t17-/m1/s1. The van der Waals surface area contributed by atoms with Gasteiger partial charge in [0.15, 0.2) is 0 Å². The molecule has 2 fully saturated rings. The third-order valence-electron chi connectivity index (χ3n) is 5.73. The Balaban J connectivity index is 1.52. The van der Waals surface area contributed by atoms with Gasteiger partial charge in [-0.2, -0.15) is 0 Å². The largest absolute Gasteiger partial charge is 0.450 e. The highest BCUT2D eigenvalue weighted by Gasteiger charge is 2.31. The zero-order valence-electron chi connectivity index (χ0n) is 16.7. The van der Waals surface area contributed by atoms with Crippen LogP contribution < -0.4 is 5.32 Å². The summed E-state index contributed by atoms with van der Waals surface area (Å²) in [5.74, 6) is -0.464. The lowest BCUT2D eigenvalue weighted by atomic mass is 9.97. The molecular formula is C21H30FN3O3. The lowest BCUT2D eigenvalue weighted by molar-refractivity contribution is 0.0601. The number of amides is 2. The molecule has 2 aliphatic rings. The van der Waals surface area contributed by atoms with Crippen LogP contribution >= 0.6 is 0 Å². The van der Waals surface area contributed by atoms with Gasteiger partial charge in [-0.15, -0.1) is 0 Å². The topological polar surface area (TPSA) is 61.9 Å². The van der Waals surface area contributed by atoms with Gasteiger partial charge >= 0.3 is 6.09 Å². The second-order valence-electron chi connectivity index (χ2n) is 7.68. The third-order valence-corrected chi connectivity index (χ3v) is 5.73. The maximum absolute atomic E-state index is 13.3. The summed E-state index contributed by atoms with van der Waals surface area (Å²) in [6.45, 7) is 7.24. The zero-order valence-corrected chi connectivity index (χ0v) is 16.7. The van der Waals surface area contributed by atoms with E-state index in [1.54, 1.807) is 17.9 Å². The number of nitrogens with one attached hydrogen (secondary N) is 1. The smallest absolute Gasteiger partial charge is 0.409 e. The van der Waals surface area contributed by atoms with E-state index in [1.807, 2.05) is 6.92 Å². The molecule has 1 aromatic rings. The van der Waals surface area contributed by atoms with Crippen LogP contribution in [-0.2, 0) is 4.74 Å². The second kappa shape index (κ2) is 9.37. The van der Waals surface area contributed by atoms with Gasteiger partial charge in [-0.1, -0.05) is 0 Å². The fraction of sp³-hybridized carbons (Fsp3) is 0.619. The first-order valence-corrected chi connectivity index (χ1v) is 10.2. The molecule has 6 nitrogen and oxygen atoms in total. The van der Waals surface area contributed by atoms with Crippen molar-refractivity contribution in [1.82, 2.24) is 15.1 Å². The predicted octanol–water partition coefficient (Wildman–Crippen LogP) is 2.95. The number of hydrogen-bond acceptors (Lipinski definition) is 4. The van der Waals surface area contributed by atoms with Crippen LogP contribution in [0.2, 0.25) is 0 Å². The lowest BCUT2D eigenvalue weighted by Crippen LogP contribution is -2.54. The van der Waals surface area contributed by atoms with Crippen molar-refractivity contribution >= 4 is 12.0 Å².